The molecule has 1 N–H and O–H groups in total. The molecule has 0 aliphatic carbocycles. The normalized spacial score (nSPS) is 21.9. The maximum absolute atomic E-state index is 9.17. The lowest BCUT2D eigenvalue weighted by molar-refractivity contribution is -0.107. The first-order valence-electron chi connectivity index (χ1n) is 10.7. The zero-order valence-corrected chi connectivity index (χ0v) is 18.3. The van der Waals surface area contributed by atoms with Gasteiger partial charge in [0.15, 0.2) is 0 Å². The Kier molecular flexibility index (Phi) is 21.3. The molecule has 0 aromatic carbocycles. The summed E-state index contributed by atoms with van der Waals surface area (Å²) in [7, 11) is 4.36. The van der Waals surface area contributed by atoms with Crippen LogP contribution in [-0.4, -0.2) is 68.4 Å². The van der Waals surface area contributed by atoms with E-state index in [2.05, 4.69) is 22.2 Å². The van der Waals surface area contributed by atoms with Crippen LogP contribution in [0.2, 0.25) is 0 Å². The fourth-order valence-electron chi connectivity index (χ4n) is 3.37. The molecular weight excluding hydrogens is 310 g/mol. The average molecular weight is 358 g/mol. The summed E-state index contributed by atoms with van der Waals surface area (Å²) in [5.74, 6) is 0. The highest BCUT2D eigenvalue weighted by Crippen LogP contribution is 2.28. The van der Waals surface area contributed by atoms with Crippen LogP contribution < -0.4 is 5.32 Å². The maximum Gasteiger partial charge on any atom is 0.119 e. The van der Waals surface area contributed by atoms with Crippen molar-refractivity contribution in [2.24, 2.45) is 0 Å². The second-order valence-corrected chi connectivity index (χ2v) is 6.40. The predicted octanol–water partition coefficient (Wildman–Crippen LogP) is 4.19. The number of carbonyl (C=O) groups is 1. The monoisotopic (exact) mass is 357 g/mol. The molecule has 4 nitrogen and oxygen atoms in total. The number of hydrogen-bond donors (Lipinski definition) is 1. The third-order valence-corrected chi connectivity index (χ3v) is 4.74. The zero-order chi connectivity index (χ0) is 19.5. The van der Waals surface area contributed by atoms with Crippen LogP contribution in [0.4, 0.5) is 0 Å². The van der Waals surface area contributed by atoms with E-state index in [1.165, 1.54) is 64.7 Å². The van der Waals surface area contributed by atoms with Crippen LogP contribution in [0.15, 0.2) is 0 Å². The van der Waals surface area contributed by atoms with Gasteiger partial charge >= 0.3 is 0 Å². The van der Waals surface area contributed by atoms with E-state index in [-0.39, 0.29) is 0 Å². The molecule has 2 fully saturated rings. The summed E-state index contributed by atoms with van der Waals surface area (Å²) < 4.78 is 0. The summed E-state index contributed by atoms with van der Waals surface area (Å²) in [6.07, 6.45) is 9.90. The third-order valence-electron chi connectivity index (χ3n) is 4.74. The fourth-order valence-corrected chi connectivity index (χ4v) is 3.37. The topological polar surface area (TPSA) is 35.6 Å². The van der Waals surface area contributed by atoms with E-state index in [1.54, 1.807) is 0 Å². The van der Waals surface area contributed by atoms with Gasteiger partial charge in [-0.25, -0.2) is 0 Å². The van der Waals surface area contributed by atoms with Gasteiger partial charge in [0, 0.05) is 31.6 Å². The summed E-state index contributed by atoms with van der Waals surface area (Å²) in [5, 5.41) is 3.22. The number of carbonyl (C=O) groups excluding carboxylic acids is 1. The van der Waals surface area contributed by atoms with Gasteiger partial charge in [-0.15, -0.1) is 0 Å². The Morgan fingerprint density at radius 2 is 1.44 bits per heavy atom. The van der Waals surface area contributed by atoms with E-state index in [4.69, 9.17) is 0 Å². The minimum atomic E-state index is 0.639. The fraction of sp³-hybridized carbons (Fsp3) is 0.952. The number of hydrogen-bond acceptors (Lipinski definition) is 4. The zero-order valence-electron chi connectivity index (χ0n) is 18.3. The lowest BCUT2D eigenvalue weighted by atomic mass is 10.1. The molecule has 2 bridgehead atoms. The third kappa shape index (κ3) is 12.5. The molecule has 0 amide bonds. The number of nitrogens with one attached hydrogen (secondary N) is 1. The molecule has 2 atom stereocenters. The molecule has 152 valence electrons. The first kappa shape index (κ1) is 26.8. The number of piperazine rings is 1. The molecule has 0 saturated carbocycles. The van der Waals surface area contributed by atoms with Crippen LogP contribution in [0.1, 0.15) is 79.6 Å². The largest absolute Gasteiger partial charge is 0.320 e. The van der Waals surface area contributed by atoms with Gasteiger partial charge in [-0.2, -0.15) is 0 Å². The Balaban J connectivity index is 0. The van der Waals surface area contributed by atoms with Crippen molar-refractivity contribution in [3.8, 4) is 0 Å². The highest BCUT2D eigenvalue weighted by atomic mass is 16.1. The molecule has 0 aromatic rings. The number of likely N-dealkylation sites (tertiary alicyclic amines) is 1. The Labute approximate surface area is 158 Å². The van der Waals surface area contributed by atoms with Crippen molar-refractivity contribution in [3.05, 3.63) is 0 Å². The minimum Gasteiger partial charge on any atom is -0.320 e. The van der Waals surface area contributed by atoms with Crippen LogP contribution in [0.3, 0.4) is 0 Å². The van der Waals surface area contributed by atoms with E-state index < -0.39 is 0 Å². The lowest BCUT2D eigenvalue weighted by Gasteiger charge is -2.38. The molecule has 4 heteroatoms. The number of fused-ring (bicyclic) bond motifs is 2. The van der Waals surface area contributed by atoms with Gasteiger partial charge in [-0.3, -0.25) is 4.90 Å². The van der Waals surface area contributed by atoms with E-state index in [9.17, 15) is 4.79 Å². The van der Waals surface area contributed by atoms with Crippen LogP contribution in [0.5, 0.6) is 0 Å². The van der Waals surface area contributed by atoms with Crippen molar-refractivity contribution >= 4 is 6.29 Å². The molecule has 25 heavy (non-hydrogen) atoms. The second-order valence-electron chi connectivity index (χ2n) is 6.40. The molecule has 2 saturated heterocycles. The van der Waals surface area contributed by atoms with Crippen LogP contribution in [0, 0.1) is 0 Å². The number of rotatable bonds is 8. The summed E-state index contributed by atoms with van der Waals surface area (Å²) in [4.78, 5) is 14.5. The Morgan fingerprint density at radius 1 is 0.960 bits per heavy atom. The van der Waals surface area contributed by atoms with Crippen molar-refractivity contribution in [2.45, 2.75) is 91.6 Å². The van der Waals surface area contributed by atoms with E-state index >= 15 is 0 Å². The highest BCUT2D eigenvalue weighted by Gasteiger charge is 2.36. The maximum atomic E-state index is 9.17. The quantitative estimate of drug-likeness (QED) is 0.522. The van der Waals surface area contributed by atoms with Crippen LogP contribution >= 0.6 is 0 Å². The molecule has 0 aromatic heterocycles. The summed E-state index contributed by atoms with van der Waals surface area (Å²) >= 11 is 0. The molecule has 0 radical (unpaired) electrons. The van der Waals surface area contributed by atoms with Crippen LogP contribution in [-0.2, 0) is 4.79 Å². The standard InChI is InChI=1S/C14H29N3.C3H6O.2C2H6/c1-15-9-5-3-4-6-10-17-11-13-7-8-14(12-17)16(13)2;1-2-3-4;2*1-2/h13-15H,3-12H2,1-2H3;3H,2H2,1H3;2*1-2H3. The van der Waals surface area contributed by atoms with Gasteiger partial charge in [-0.05, 0) is 52.9 Å². The predicted molar refractivity (Wildman–Crippen MR) is 112 cm³/mol. The summed E-state index contributed by atoms with van der Waals surface area (Å²) in [6.45, 7) is 15.0. The molecule has 2 aliphatic rings. The van der Waals surface area contributed by atoms with Crippen molar-refractivity contribution < 1.29 is 4.79 Å². The Bertz CT molecular complexity index is 260. The first-order valence-corrected chi connectivity index (χ1v) is 10.7. The summed E-state index contributed by atoms with van der Waals surface area (Å²) in [6, 6.07) is 1.72. The molecule has 0 spiro atoms. The number of aldehydes is 1. The van der Waals surface area contributed by atoms with Crippen LogP contribution in [0.25, 0.3) is 0 Å². The van der Waals surface area contributed by atoms with Crippen molar-refractivity contribution in [2.75, 3.05) is 40.3 Å². The smallest absolute Gasteiger partial charge is 0.119 e. The number of nitrogens with zero attached hydrogens (tertiary/aromatic N) is 2. The number of likely N-dealkylation sites (N-methyl/N-ethyl adjacent to an activating group) is 1. The highest BCUT2D eigenvalue weighted by molar-refractivity contribution is 5.48. The van der Waals surface area contributed by atoms with Gasteiger partial charge in [0.1, 0.15) is 6.29 Å². The molecular formula is C21H47N3O. The van der Waals surface area contributed by atoms with Gasteiger partial charge in [0.2, 0.25) is 0 Å². The molecule has 2 heterocycles. The SMILES string of the molecule is CC.CC.CCC=O.CNCCCCCCN1CC2CCC(C1)N2C. The van der Waals surface area contributed by atoms with E-state index in [0.29, 0.717) is 6.42 Å². The van der Waals surface area contributed by atoms with Gasteiger partial charge < -0.3 is 15.0 Å². The van der Waals surface area contributed by atoms with Gasteiger partial charge in [0.05, 0.1) is 0 Å². The lowest BCUT2D eigenvalue weighted by Crippen LogP contribution is -2.51. The van der Waals surface area contributed by atoms with Gasteiger partial charge in [-0.1, -0.05) is 47.5 Å². The summed E-state index contributed by atoms with van der Waals surface area (Å²) in [5.41, 5.74) is 0. The second kappa shape index (κ2) is 19.9. The molecule has 2 unspecified atom stereocenters. The number of unbranched alkanes of at least 4 members (excludes halogenated alkanes) is 3. The Hall–Kier alpha value is -0.450. The van der Waals surface area contributed by atoms with Gasteiger partial charge in [0.25, 0.3) is 0 Å². The van der Waals surface area contributed by atoms with E-state index in [1.807, 2.05) is 41.7 Å². The molecule has 2 aliphatic heterocycles. The van der Waals surface area contributed by atoms with E-state index in [0.717, 1.165) is 18.4 Å². The Morgan fingerprint density at radius 3 is 1.88 bits per heavy atom. The molecule has 2 rings (SSSR count). The van der Waals surface area contributed by atoms with Crippen molar-refractivity contribution in [1.29, 1.82) is 0 Å². The average Bonchev–Trinajstić information content (AvgIpc) is 2.89. The minimum absolute atomic E-state index is 0.639. The first-order chi connectivity index (χ1) is 12.2. The van der Waals surface area contributed by atoms with Crippen molar-refractivity contribution in [3.63, 3.8) is 0 Å². The van der Waals surface area contributed by atoms with Crippen molar-refractivity contribution in [1.82, 2.24) is 15.1 Å².